The lowest BCUT2D eigenvalue weighted by molar-refractivity contribution is -0.296. The number of esters is 2. The van der Waals surface area contributed by atoms with E-state index in [1.807, 2.05) is 48.5 Å². The van der Waals surface area contributed by atoms with Crippen molar-refractivity contribution in [2.24, 2.45) is 11.8 Å². The number of imide groups is 1. The van der Waals surface area contributed by atoms with E-state index in [4.69, 9.17) is 37.9 Å². The van der Waals surface area contributed by atoms with Gasteiger partial charge in [0.2, 0.25) is 35.4 Å². The number of nitrogens with one attached hydrogen (secondary N) is 3. The number of nitrogens with zero attached hydrogens (tertiary/aromatic N) is 2. The Morgan fingerprint density at radius 3 is 2.03 bits per heavy atom. The first-order valence-corrected chi connectivity index (χ1v) is 35.6. The number of phenols is 2. The fraction of sp³-hybridized carbons (Fsp3) is 0.467. The zero-order chi connectivity index (χ0) is 74.3. The Morgan fingerprint density at radius 1 is 0.712 bits per heavy atom. The van der Waals surface area contributed by atoms with Gasteiger partial charge in [0.15, 0.2) is 23.5 Å². The van der Waals surface area contributed by atoms with Crippen molar-refractivity contribution in [3.05, 3.63) is 137 Å². The number of methoxy groups -OCH3 is 1. The molecule has 3 saturated heterocycles. The van der Waals surface area contributed by atoms with Gasteiger partial charge in [0.25, 0.3) is 0 Å². The van der Waals surface area contributed by atoms with Gasteiger partial charge in [-0.1, -0.05) is 75.4 Å². The first-order valence-electron chi connectivity index (χ1n) is 34.7. The Hall–Kier alpha value is -9.17. The number of carbonyl (C=O) groups excluding carboxylic acids is 10. The van der Waals surface area contributed by atoms with Gasteiger partial charge < -0.3 is 84.3 Å². The number of rotatable bonds is 32. The minimum absolute atomic E-state index is 0.000686. The summed E-state index contributed by atoms with van der Waals surface area (Å²) in [6.45, 7) is 6.85. The van der Waals surface area contributed by atoms with Gasteiger partial charge in [-0.15, -0.1) is 11.8 Å². The van der Waals surface area contributed by atoms with Crippen LogP contribution in [0.4, 0.5) is 5.69 Å². The summed E-state index contributed by atoms with van der Waals surface area (Å²) in [6, 6.07) is 25.3. The maximum atomic E-state index is 15.0. The molecule has 0 saturated carbocycles. The van der Waals surface area contributed by atoms with Crippen LogP contribution in [0.15, 0.2) is 103 Å². The number of benzene rings is 5. The van der Waals surface area contributed by atoms with E-state index in [-0.39, 0.29) is 125 Å². The molecule has 5 aromatic rings. The Labute approximate surface area is 603 Å². The highest BCUT2D eigenvalue weighted by molar-refractivity contribution is 8.02. The molecule has 554 valence electrons. The summed E-state index contributed by atoms with van der Waals surface area (Å²) >= 11 is 0.751. The summed E-state index contributed by atoms with van der Waals surface area (Å²) in [6.07, 6.45) is -6.82. The minimum atomic E-state index is -1.64. The summed E-state index contributed by atoms with van der Waals surface area (Å²) < 4.78 is 45.0. The highest BCUT2D eigenvalue weighted by Gasteiger charge is 2.55. The second-order valence-corrected chi connectivity index (χ2v) is 28.3. The second kappa shape index (κ2) is 33.3. The first kappa shape index (κ1) is 76.0. The third kappa shape index (κ3) is 16.3. The number of anilines is 1. The predicted octanol–water partition coefficient (Wildman–Crippen LogP) is 4.35. The third-order valence-corrected chi connectivity index (χ3v) is 20.9. The molecular formula is C75H85N5O23S. The Kier molecular flexibility index (Phi) is 24.3. The normalized spacial score (nSPS) is 21.7. The molecule has 0 radical (unpaired) electrons. The van der Waals surface area contributed by atoms with E-state index in [0.717, 1.165) is 38.9 Å². The third-order valence-electron chi connectivity index (χ3n) is 19.5. The molecule has 0 aromatic heterocycles. The number of aliphatic hydroxyl groups is 3. The van der Waals surface area contributed by atoms with Crippen molar-refractivity contribution in [2.75, 3.05) is 71.3 Å². The average molecular weight is 1460 g/mol. The quantitative estimate of drug-likeness (QED) is 0.0168. The van der Waals surface area contributed by atoms with Crippen LogP contribution < -0.4 is 25.6 Å². The highest BCUT2D eigenvalue weighted by Crippen LogP contribution is 2.57. The van der Waals surface area contributed by atoms with Crippen LogP contribution in [-0.2, 0) is 81.9 Å². The van der Waals surface area contributed by atoms with Crippen LogP contribution in [0.5, 0.6) is 23.0 Å². The summed E-state index contributed by atoms with van der Waals surface area (Å²) in [5.74, 6) is -7.98. The van der Waals surface area contributed by atoms with Gasteiger partial charge in [-0.05, 0) is 90.8 Å². The average Bonchev–Trinajstić information content (AvgIpc) is 1.48. The molecule has 104 heavy (non-hydrogen) atoms. The van der Waals surface area contributed by atoms with Crippen LogP contribution in [0.25, 0.3) is 11.1 Å². The number of aromatic hydroxyl groups is 2. The van der Waals surface area contributed by atoms with Crippen LogP contribution in [0.3, 0.4) is 0 Å². The molecule has 5 aliphatic heterocycles. The van der Waals surface area contributed by atoms with Crippen molar-refractivity contribution in [3.63, 3.8) is 0 Å². The molecule has 6 unspecified atom stereocenters. The molecule has 0 bridgehead atoms. The fourth-order valence-electron chi connectivity index (χ4n) is 14.0. The fourth-order valence-corrected chi connectivity index (χ4v) is 15.3. The standard InChI is InChI=1S/C75H85N5O23S/c1-39(2)65(72(94)79-25-10-16-54(79)56(84)30-40(3)69(91)77-41(4)55(83)17-11-26-97-28-29-98-27-24-76-62(85)38-99-37-59-66(88)67(89)68(90)74(96-5)102-59)78-70(92)60(35-64(87)100-36-50-47-14-8-6-12-45(47)46-13-7-9-15-48(46)50)104-61-34-63(86)80(71(61)93)42-18-21-51-49(31-42)73(95)103-75(51)52-22-19-43(81)32-57(52)101-58-33-44(82)20-23-53(58)75/h6-9,12-15,18-23,31-33,39-41,50,54,59-61,65-68,74,81-82,88-90H,10-11,16-17,24-30,34-38H2,1-5H3,(H,76,85)(H,77,91)(H,78,92)/t40?,41?,54-,59?,60?,61?,65+,66+,67-,68?,74+/m0/s1. The van der Waals surface area contributed by atoms with Crippen molar-refractivity contribution in [1.82, 2.24) is 20.9 Å². The number of hydrogen-bond donors (Lipinski definition) is 8. The van der Waals surface area contributed by atoms with Gasteiger partial charge in [-0.2, -0.15) is 0 Å². The molecule has 6 aliphatic rings. The molecule has 11 atom stereocenters. The van der Waals surface area contributed by atoms with Gasteiger partial charge in [-0.25, -0.2) is 9.69 Å². The molecule has 3 fully saturated rings. The van der Waals surface area contributed by atoms with Crippen molar-refractivity contribution >= 4 is 76.4 Å². The number of aliphatic hydroxyl groups excluding tert-OH is 3. The topological polar surface area (TPSA) is 388 Å². The molecule has 29 heteroatoms. The Balaban J connectivity index is 0.677. The van der Waals surface area contributed by atoms with Crippen LogP contribution in [-0.4, -0.2) is 215 Å². The van der Waals surface area contributed by atoms with Crippen LogP contribution >= 0.6 is 11.8 Å². The van der Waals surface area contributed by atoms with E-state index in [1.165, 1.54) is 55.3 Å². The summed E-state index contributed by atoms with van der Waals surface area (Å²) in [7, 11) is 1.27. The molecule has 5 heterocycles. The smallest absolute Gasteiger partial charge is 0.340 e. The van der Waals surface area contributed by atoms with E-state index < -0.39 is 143 Å². The monoisotopic (exact) mass is 1460 g/mol. The number of carbonyl (C=O) groups is 10. The van der Waals surface area contributed by atoms with Crippen molar-refractivity contribution in [3.8, 4) is 34.1 Å². The molecule has 11 rings (SSSR count). The summed E-state index contributed by atoms with van der Waals surface area (Å²) in [5.41, 5.74) is 3.27. The number of ketones is 2. The van der Waals surface area contributed by atoms with Crippen molar-refractivity contribution in [2.45, 2.75) is 143 Å². The van der Waals surface area contributed by atoms with Gasteiger partial charge >= 0.3 is 11.9 Å². The van der Waals surface area contributed by atoms with Crippen LogP contribution in [0, 0.1) is 11.8 Å². The SMILES string of the molecule is CO[C@@H]1OC(COCC(=O)NCCOCCOCCCC(=O)C(C)NC(=O)C(C)CC(=O)[C@@H]2CCCN2C(=O)[C@H](NC(=O)C(CC(=O)OCC2c3ccccc3-c3ccccc32)SC2CC(=O)N(c3ccc4c(c3)C(=O)OC43c4ccc(O)cc4Oc4cc(O)ccc43)C2=O)C(C)C)[C@@H](O)[C@H](O)C1O. The number of Topliss-reactive ketones (excluding diaryl/α,β-unsaturated/α-hetero) is 2. The van der Waals surface area contributed by atoms with Crippen molar-refractivity contribution in [1.29, 1.82) is 0 Å². The van der Waals surface area contributed by atoms with Crippen LogP contribution in [0.1, 0.15) is 117 Å². The maximum absolute atomic E-state index is 15.0. The van der Waals surface area contributed by atoms with Gasteiger partial charge in [-0.3, -0.25) is 43.2 Å². The maximum Gasteiger partial charge on any atom is 0.340 e. The Morgan fingerprint density at radius 2 is 1.37 bits per heavy atom. The first-order chi connectivity index (χ1) is 49.9. The summed E-state index contributed by atoms with van der Waals surface area (Å²) in [4.78, 5) is 142. The van der Waals surface area contributed by atoms with Gasteiger partial charge in [0.1, 0.15) is 66.7 Å². The van der Waals surface area contributed by atoms with E-state index >= 15 is 0 Å². The molecular weight excluding hydrogens is 1370 g/mol. The lowest BCUT2D eigenvalue weighted by Gasteiger charge is -2.39. The Bertz CT molecular complexity index is 4000. The molecule has 6 amide bonds. The zero-order valence-electron chi connectivity index (χ0n) is 58.0. The van der Waals surface area contributed by atoms with Gasteiger partial charge in [0, 0.05) is 86.7 Å². The van der Waals surface area contributed by atoms with E-state index in [2.05, 4.69) is 16.0 Å². The van der Waals surface area contributed by atoms with E-state index in [0.29, 0.717) is 29.5 Å². The number of thioether (sulfide) groups is 1. The van der Waals surface area contributed by atoms with Crippen molar-refractivity contribution < 1.29 is 111 Å². The number of fused-ring (bicyclic) bond motifs is 9. The van der Waals surface area contributed by atoms with Gasteiger partial charge in [0.05, 0.1) is 66.7 Å². The highest BCUT2D eigenvalue weighted by atomic mass is 32.2. The van der Waals surface area contributed by atoms with E-state index in [1.54, 1.807) is 39.0 Å². The molecule has 1 spiro atoms. The number of hydrogen-bond acceptors (Lipinski definition) is 24. The number of ether oxygens (including phenoxy) is 8. The molecule has 5 aromatic carbocycles. The summed E-state index contributed by atoms with van der Waals surface area (Å²) in [5, 5.41) is 56.3. The number of phenolic OH excluding ortho intramolecular Hbond substituents is 2. The lowest BCUT2D eigenvalue weighted by atomic mass is 9.77. The van der Waals surface area contributed by atoms with Crippen LogP contribution in [0.2, 0.25) is 0 Å². The molecule has 8 N–H and O–H groups in total. The molecule has 1 aliphatic carbocycles. The minimum Gasteiger partial charge on any atom is -0.508 e. The number of likely N-dealkylation sites (tertiary alicyclic amines) is 1. The predicted molar refractivity (Wildman–Crippen MR) is 371 cm³/mol. The molecule has 28 nitrogen and oxygen atoms in total. The zero-order valence-corrected chi connectivity index (χ0v) is 58.8. The largest absolute Gasteiger partial charge is 0.508 e. The second-order valence-electron chi connectivity index (χ2n) is 26.9. The van der Waals surface area contributed by atoms with E-state index in [9.17, 15) is 73.5 Å². The number of amides is 6. The lowest BCUT2D eigenvalue weighted by Crippen LogP contribution is -2.59.